The Kier molecular flexibility index (Phi) is 4.19. The van der Waals surface area contributed by atoms with Crippen molar-refractivity contribution in [2.24, 2.45) is 5.92 Å². The average molecular weight is 353 g/mol. The van der Waals surface area contributed by atoms with Gasteiger partial charge in [0.15, 0.2) is 5.13 Å². The maximum atomic E-state index is 13.2. The number of halogens is 1. The van der Waals surface area contributed by atoms with E-state index in [1.165, 1.54) is 23.5 Å². The summed E-state index contributed by atoms with van der Waals surface area (Å²) in [7, 11) is 0. The zero-order valence-corrected chi connectivity index (χ0v) is 14.1. The first kappa shape index (κ1) is 15.8. The SMILES string of the molecule is O=C(Nc1ccc(-c2csc(Nc3cccc(F)c3)n2)cc1)C1CC1. The van der Waals surface area contributed by atoms with Crippen molar-refractivity contribution in [3.05, 3.63) is 59.7 Å². The van der Waals surface area contributed by atoms with Crippen LogP contribution >= 0.6 is 11.3 Å². The Morgan fingerprint density at radius 1 is 1.12 bits per heavy atom. The van der Waals surface area contributed by atoms with E-state index in [4.69, 9.17) is 0 Å². The molecular formula is C19H16FN3OS. The Morgan fingerprint density at radius 2 is 1.92 bits per heavy atom. The van der Waals surface area contributed by atoms with E-state index in [9.17, 15) is 9.18 Å². The first-order chi connectivity index (χ1) is 12.2. The maximum Gasteiger partial charge on any atom is 0.227 e. The zero-order chi connectivity index (χ0) is 17.2. The van der Waals surface area contributed by atoms with E-state index in [0.29, 0.717) is 10.8 Å². The van der Waals surface area contributed by atoms with E-state index in [1.807, 2.05) is 29.6 Å². The van der Waals surface area contributed by atoms with E-state index in [-0.39, 0.29) is 17.6 Å². The van der Waals surface area contributed by atoms with Crippen molar-refractivity contribution in [2.45, 2.75) is 12.8 Å². The summed E-state index contributed by atoms with van der Waals surface area (Å²) < 4.78 is 13.2. The van der Waals surface area contributed by atoms with Gasteiger partial charge in [-0.2, -0.15) is 0 Å². The van der Waals surface area contributed by atoms with Crippen molar-refractivity contribution >= 4 is 33.8 Å². The minimum atomic E-state index is -0.286. The fraction of sp³-hybridized carbons (Fsp3) is 0.158. The second kappa shape index (κ2) is 6.64. The molecule has 0 atom stereocenters. The van der Waals surface area contributed by atoms with Gasteiger partial charge >= 0.3 is 0 Å². The molecule has 1 saturated carbocycles. The summed E-state index contributed by atoms with van der Waals surface area (Å²) in [5.74, 6) is 0.00303. The van der Waals surface area contributed by atoms with Gasteiger partial charge in [0.05, 0.1) is 5.69 Å². The van der Waals surface area contributed by atoms with Crippen molar-refractivity contribution < 1.29 is 9.18 Å². The molecule has 0 aliphatic heterocycles. The molecule has 25 heavy (non-hydrogen) atoms. The largest absolute Gasteiger partial charge is 0.331 e. The Balaban J connectivity index is 1.45. The van der Waals surface area contributed by atoms with Gasteiger partial charge in [-0.1, -0.05) is 18.2 Å². The first-order valence-corrected chi connectivity index (χ1v) is 8.95. The van der Waals surface area contributed by atoms with Gasteiger partial charge in [-0.25, -0.2) is 9.37 Å². The van der Waals surface area contributed by atoms with Gasteiger partial charge in [-0.15, -0.1) is 11.3 Å². The summed E-state index contributed by atoms with van der Waals surface area (Å²) in [4.78, 5) is 16.3. The minimum Gasteiger partial charge on any atom is -0.331 e. The molecule has 0 unspecified atom stereocenters. The molecule has 0 saturated heterocycles. The molecule has 1 amide bonds. The molecule has 3 aromatic rings. The fourth-order valence-corrected chi connectivity index (χ4v) is 3.21. The Hall–Kier alpha value is -2.73. The van der Waals surface area contributed by atoms with Crippen molar-refractivity contribution in [3.8, 4) is 11.3 Å². The van der Waals surface area contributed by atoms with E-state index in [2.05, 4.69) is 15.6 Å². The second-order valence-electron chi connectivity index (χ2n) is 6.01. The molecule has 0 radical (unpaired) electrons. The minimum absolute atomic E-state index is 0.1000. The maximum absolute atomic E-state index is 13.2. The van der Waals surface area contributed by atoms with Gasteiger partial charge in [-0.3, -0.25) is 4.79 Å². The van der Waals surface area contributed by atoms with Crippen LogP contribution in [-0.4, -0.2) is 10.9 Å². The van der Waals surface area contributed by atoms with Crippen molar-refractivity contribution in [2.75, 3.05) is 10.6 Å². The Bertz CT molecular complexity index is 903. The Morgan fingerprint density at radius 3 is 2.64 bits per heavy atom. The van der Waals surface area contributed by atoms with Gasteiger partial charge in [0.1, 0.15) is 5.82 Å². The van der Waals surface area contributed by atoms with Crippen molar-refractivity contribution in [3.63, 3.8) is 0 Å². The molecule has 0 spiro atoms. The monoisotopic (exact) mass is 353 g/mol. The van der Waals surface area contributed by atoms with Crippen LogP contribution in [0.3, 0.4) is 0 Å². The number of rotatable bonds is 5. The van der Waals surface area contributed by atoms with Crippen LogP contribution in [0.25, 0.3) is 11.3 Å². The molecule has 6 heteroatoms. The van der Waals surface area contributed by atoms with Crippen LogP contribution in [-0.2, 0) is 4.79 Å². The number of thiazole rings is 1. The molecule has 2 aromatic carbocycles. The highest BCUT2D eigenvalue weighted by Crippen LogP contribution is 2.31. The third-order valence-corrected chi connectivity index (χ3v) is 4.73. The van der Waals surface area contributed by atoms with Gasteiger partial charge in [0.25, 0.3) is 0 Å². The van der Waals surface area contributed by atoms with Crippen LogP contribution in [0.2, 0.25) is 0 Å². The number of amides is 1. The molecule has 4 nitrogen and oxygen atoms in total. The molecule has 1 fully saturated rings. The number of carbonyl (C=O) groups excluding carboxylic acids is 1. The van der Waals surface area contributed by atoms with E-state index < -0.39 is 0 Å². The van der Waals surface area contributed by atoms with Gasteiger partial charge in [0, 0.05) is 28.2 Å². The molecule has 1 aromatic heterocycles. The third-order valence-electron chi connectivity index (χ3n) is 3.98. The molecule has 126 valence electrons. The zero-order valence-electron chi connectivity index (χ0n) is 13.3. The van der Waals surface area contributed by atoms with E-state index in [0.717, 1.165) is 29.8 Å². The molecule has 0 bridgehead atoms. The fourth-order valence-electron chi connectivity index (χ4n) is 2.47. The predicted octanol–water partition coefficient (Wildman–Crippen LogP) is 5.04. The summed E-state index contributed by atoms with van der Waals surface area (Å²) >= 11 is 1.46. The standard InChI is InChI=1S/C19H16FN3OS/c20-14-2-1-3-16(10-14)22-19-23-17(11-25-19)12-6-8-15(9-7-12)21-18(24)13-4-5-13/h1-3,6-11,13H,4-5H2,(H,21,24)(H,22,23). The summed E-state index contributed by atoms with van der Waals surface area (Å²) in [6.07, 6.45) is 1.98. The molecule has 2 N–H and O–H groups in total. The number of nitrogens with zero attached hydrogens (tertiary/aromatic N) is 1. The highest BCUT2D eigenvalue weighted by molar-refractivity contribution is 7.14. The predicted molar refractivity (Wildman–Crippen MR) is 98.6 cm³/mol. The number of hydrogen-bond acceptors (Lipinski definition) is 4. The molecule has 1 aliphatic carbocycles. The van der Waals surface area contributed by atoms with Crippen LogP contribution in [0.5, 0.6) is 0 Å². The van der Waals surface area contributed by atoms with Crippen LogP contribution < -0.4 is 10.6 Å². The van der Waals surface area contributed by atoms with Gasteiger partial charge in [0.2, 0.25) is 5.91 Å². The first-order valence-electron chi connectivity index (χ1n) is 8.07. The van der Waals surface area contributed by atoms with Crippen molar-refractivity contribution in [1.82, 2.24) is 4.98 Å². The summed E-state index contributed by atoms with van der Waals surface area (Å²) in [5.41, 5.74) is 3.27. The lowest BCUT2D eigenvalue weighted by Crippen LogP contribution is -2.12. The number of carbonyl (C=O) groups is 1. The number of aromatic nitrogens is 1. The quantitative estimate of drug-likeness (QED) is 0.675. The topological polar surface area (TPSA) is 54.0 Å². The second-order valence-corrected chi connectivity index (χ2v) is 6.87. The highest BCUT2D eigenvalue weighted by atomic mass is 32.1. The average Bonchev–Trinajstić information content (AvgIpc) is 3.36. The molecule has 1 heterocycles. The normalized spacial score (nSPS) is 13.5. The smallest absolute Gasteiger partial charge is 0.227 e. The van der Waals surface area contributed by atoms with Crippen LogP contribution in [0.15, 0.2) is 53.9 Å². The summed E-state index contributed by atoms with van der Waals surface area (Å²) in [6, 6.07) is 13.9. The van der Waals surface area contributed by atoms with Crippen molar-refractivity contribution in [1.29, 1.82) is 0 Å². The summed E-state index contributed by atoms with van der Waals surface area (Å²) in [6.45, 7) is 0. The summed E-state index contributed by atoms with van der Waals surface area (Å²) in [5, 5.41) is 8.67. The van der Waals surface area contributed by atoms with E-state index >= 15 is 0 Å². The lowest BCUT2D eigenvalue weighted by molar-refractivity contribution is -0.117. The van der Waals surface area contributed by atoms with Gasteiger partial charge in [-0.05, 0) is 43.2 Å². The van der Waals surface area contributed by atoms with Crippen LogP contribution in [0.4, 0.5) is 20.9 Å². The van der Waals surface area contributed by atoms with Crippen LogP contribution in [0, 0.1) is 11.7 Å². The van der Waals surface area contributed by atoms with Crippen LogP contribution in [0.1, 0.15) is 12.8 Å². The number of hydrogen-bond donors (Lipinski definition) is 2. The lowest BCUT2D eigenvalue weighted by atomic mass is 10.1. The number of nitrogens with one attached hydrogen (secondary N) is 2. The lowest BCUT2D eigenvalue weighted by Gasteiger charge is -2.05. The number of anilines is 3. The highest BCUT2D eigenvalue weighted by Gasteiger charge is 2.29. The third kappa shape index (κ3) is 3.85. The molecular weight excluding hydrogens is 337 g/mol. The van der Waals surface area contributed by atoms with Gasteiger partial charge < -0.3 is 10.6 Å². The number of benzene rings is 2. The molecule has 1 aliphatic rings. The molecule has 4 rings (SSSR count). The van der Waals surface area contributed by atoms with E-state index in [1.54, 1.807) is 12.1 Å². The Labute approximate surface area is 148 Å².